The SMILES string of the molecule is Cc1cc(C)c(C(=O)OCC(=O)Nc2ccc(Cl)cc2[N+](=O)[O-])c(Cl)n1. The number of esters is 1. The molecule has 0 aliphatic heterocycles. The van der Waals surface area contributed by atoms with Crippen LogP contribution in [0.5, 0.6) is 0 Å². The number of amides is 1. The van der Waals surface area contributed by atoms with Crippen LogP contribution in [0.3, 0.4) is 0 Å². The molecule has 2 rings (SSSR count). The number of nitrogens with zero attached hydrogens (tertiary/aromatic N) is 2. The second-order valence-electron chi connectivity index (χ2n) is 5.29. The molecule has 0 atom stereocenters. The van der Waals surface area contributed by atoms with E-state index in [9.17, 15) is 19.7 Å². The number of halogens is 2. The van der Waals surface area contributed by atoms with Crippen LogP contribution in [0.4, 0.5) is 11.4 Å². The van der Waals surface area contributed by atoms with Gasteiger partial charge in [0.05, 0.1) is 10.5 Å². The lowest BCUT2D eigenvalue weighted by Crippen LogP contribution is -2.22. The third-order valence-electron chi connectivity index (χ3n) is 3.27. The third kappa shape index (κ3) is 4.68. The molecule has 8 nitrogen and oxygen atoms in total. The summed E-state index contributed by atoms with van der Waals surface area (Å²) >= 11 is 11.6. The van der Waals surface area contributed by atoms with E-state index in [4.69, 9.17) is 27.9 Å². The lowest BCUT2D eigenvalue weighted by Gasteiger charge is -2.10. The van der Waals surface area contributed by atoms with Crippen molar-refractivity contribution in [1.82, 2.24) is 4.98 Å². The van der Waals surface area contributed by atoms with E-state index < -0.39 is 23.4 Å². The smallest absolute Gasteiger partial charge is 0.342 e. The number of nitro groups is 1. The number of aromatic nitrogens is 1. The average molecular weight is 398 g/mol. The summed E-state index contributed by atoms with van der Waals surface area (Å²) in [6.07, 6.45) is 0. The number of rotatable bonds is 5. The first-order valence-electron chi connectivity index (χ1n) is 7.23. The van der Waals surface area contributed by atoms with Crippen LogP contribution in [0.15, 0.2) is 24.3 Å². The molecule has 0 unspecified atom stereocenters. The Morgan fingerprint density at radius 1 is 1.27 bits per heavy atom. The normalized spacial score (nSPS) is 10.3. The number of pyridine rings is 1. The number of carbonyl (C=O) groups is 2. The van der Waals surface area contributed by atoms with Crippen molar-refractivity contribution < 1.29 is 19.2 Å². The van der Waals surface area contributed by atoms with Crippen molar-refractivity contribution in [2.45, 2.75) is 13.8 Å². The summed E-state index contributed by atoms with van der Waals surface area (Å²) in [5, 5.41) is 13.4. The Balaban J connectivity index is 2.06. The zero-order valence-corrected chi connectivity index (χ0v) is 15.2. The van der Waals surface area contributed by atoms with Crippen molar-refractivity contribution in [2.75, 3.05) is 11.9 Å². The minimum Gasteiger partial charge on any atom is -0.452 e. The summed E-state index contributed by atoms with van der Waals surface area (Å²) in [6, 6.07) is 5.42. The van der Waals surface area contributed by atoms with E-state index in [1.807, 2.05) is 0 Å². The first-order chi connectivity index (χ1) is 12.2. The highest BCUT2D eigenvalue weighted by molar-refractivity contribution is 6.32. The van der Waals surface area contributed by atoms with Crippen LogP contribution in [0.2, 0.25) is 10.2 Å². The van der Waals surface area contributed by atoms with Gasteiger partial charge in [0, 0.05) is 16.8 Å². The summed E-state index contributed by atoms with van der Waals surface area (Å²) in [5.41, 5.74) is 0.811. The molecule has 1 aromatic heterocycles. The van der Waals surface area contributed by atoms with E-state index in [2.05, 4.69) is 10.3 Å². The van der Waals surface area contributed by atoms with E-state index in [0.717, 1.165) is 6.07 Å². The Hall–Kier alpha value is -2.71. The first-order valence-corrected chi connectivity index (χ1v) is 7.99. The summed E-state index contributed by atoms with van der Waals surface area (Å²) < 4.78 is 4.92. The van der Waals surface area contributed by atoms with Gasteiger partial charge in [-0.3, -0.25) is 14.9 Å². The number of anilines is 1. The second-order valence-corrected chi connectivity index (χ2v) is 6.08. The molecule has 0 spiro atoms. The molecule has 0 saturated heterocycles. The molecule has 0 fully saturated rings. The maximum Gasteiger partial charge on any atom is 0.342 e. The van der Waals surface area contributed by atoms with Gasteiger partial charge in [0.1, 0.15) is 10.8 Å². The van der Waals surface area contributed by atoms with Gasteiger partial charge < -0.3 is 10.1 Å². The average Bonchev–Trinajstić information content (AvgIpc) is 2.53. The molecule has 1 aromatic carbocycles. The fourth-order valence-electron chi connectivity index (χ4n) is 2.19. The zero-order chi connectivity index (χ0) is 19.4. The van der Waals surface area contributed by atoms with Gasteiger partial charge in [0.15, 0.2) is 6.61 Å². The highest BCUT2D eigenvalue weighted by Gasteiger charge is 2.20. The molecule has 136 valence electrons. The van der Waals surface area contributed by atoms with Crippen LogP contribution >= 0.6 is 23.2 Å². The largest absolute Gasteiger partial charge is 0.452 e. The molecule has 2 aromatic rings. The number of carbonyl (C=O) groups excluding carboxylic acids is 2. The van der Waals surface area contributed by atoms with E-state index >= 15 is 0 Å². The Morgan fingerprint density at radius 2 is 1.96 bits per heavy atom. The predicted octanol–water partition coefficient (Wildman–Crippen LogP) is 3.71. The maximum atomic E-state index is 12.1. The van der Waals surface area contributed by atoms with E-state index in [-0.39, 0.29) is 27.1 Å². The highest BCUT2D eigenvalue weighted by atomic mass is 35.5. The van der Waals surface area contributed by atoms with Gasteiger partial charge in [-0.25, -0.2) is 9.78 Å². The van der Waals surface area contributed by atoms with E-state index in [1.54, 1.807) is 19.9 Å². The number of hydrogen-bond donors (Lipinski definition) is 1. The lowest BCUT2D eigenvalue weighted by atomic mass is 10.1. The quantitative estimate of drug-likeness (QED) is 0.356. The van der Waals surface area contributed by atoms with Crippen LogP contribution in [-0.2, 0) is 9.53 Å². The van der Waals surface area contributed by atoms with Crippen LogP contribution < -0.4 is 5.32 Å². The van der Waals surface area contributed by atoms with Crippen molar-refractivity contribution in [3.8, 4) is 0 Å². The van der Waals surface area contributed by atoms with E-state index in [1.165, 1.54) is 12.1 Å². The van der Waals surface area contributed by atoms with Crippen LogP contribution in [-0.4, -0.2) is 28.4 Å². The maximum absolute atomic E-state index is 12.1. The molecule has 26 heavy (non-hydrogen) atoms. The molecule has 1 heterocycles. The van der Waals surface area contributed by atoms with Crippen molar-refractivity contribution in [2.24, 2.45) is 0 Å². The van der Waals surface area contributed by atoms with Crippen molar-refractivity contribution in [3.05, 3.63) is 61.4 Å². The molecule has 0 bridgehead atoms. The minimum atomic E-state index is -0.819. The lowest BCUT2D eigenvalue weighted by molar-refractivity contribution is -0.383. The van der Waals surface area contributed by atoms with Crippen molar-refractivity contribution in [3.63, 3.8) is 0 Å². The standard InChI is InChI=1S/C16H13Cl2N3O5/c1-8-5-9(2)19-15(18)14(8)16(23)26-7-13(22)20-11-4-3-10(17)6-12(11)21(24)25/h3-6H,7H2,1-2H3,(H,20,22). The second kappa shape index (κ2) is 8.11. The Kier molecular flexibility index (Phi) is 6.12. The monoisotopic (exact) mass is 397 g/mol. The first kappa shape index (κ1) is 19.6. The third-order valence-corrected chi connectivity index (χ3v) is 3.78. The number of ether oxygens (including phenoxy) is 1. The molecule has 0 saturated carbocycles. The summed E-state index contributed by atoms with van der Waals surface area (Å²) in [6.45, 7) is 2.73. The fraction of sp³-hybridized carbons (Fsp3) is 0.188. The molecule has 0 radical (unpaired) electrons. The van der Waals surface area contributed by atoms with Crippen LogP contribution in [0.1, 0.15) is 21.6 Å². The predicted molar refractivity (Wildman–Crippen MR) is 95.7 cm³/mol. The van der Waals surface area contributed by atoms with Crippen molar-refractivity contribution >= 4 is 46.5 Å². The van der Waals surface area contributed by atoms with Gasteiger partial charge in [-0.15, -0.1) is 0 Å². The Bertz CT molecular complexity index is 878. The minimum absolute atomic E-state index is 0.0266. The van der Waals surface area contributed by atoms with Gasteiger partial charge >= 0.3 is 5.97 Å². The molecule has 0 aliphatic carbocycles. The summed E-state index contributed by atoms with van der Waals surface area (Å²) in [7, 11) is 0. The molecule has 1 amide bonds. The van der Waals surface area contributed by atoms with Gasteiger partial charge in [0.25, 0.3) is 11.6 Å². The number of benzene rings is 1. The topological polar surface area (TPSA) is 111 Å². The van der Waals surface area contributed by atoms with Gasteiger partial charge in [0.2, 0.25) is 0 Å². The van der Waals surface area contributed by atoms with E-state index in [0.29, 0.717) is 11.3 Å². The van der Waals surface area contributed by atoms with Gasteiger partial charge in [-0.05, 0) is 37.6 Å². The Morgan fingerprint density at radius 3 is 2.58 bits per heavy atom. The number of nitrogens with one attached hydrogen (secondary N) is 1. The molecular weight excluding hydrogens is 385 g/mol. The number of hydrogen-bond acceptors (Lipinski definition) is 6. The molecule has 10 heteroatoms. The summed E-state index contributed by atoms with van der Waals surface area (Å²) in [5.74, 6) is -1.57. The molecule has 0 aliphatic rings. The van der Waals surface area contributed by atoms with Crippen LogP contribution in [0.25, 0.3) is 0 Å². The Labute approximate surface area is 158 Å². The summed E-state index contributed by atoms with van der Waals surface area (Å²) in [4.78, 5) is 38.3. The molecular formula is C16H13Cl2N3O5. The molecule has 1 N–H and O–H groups in total. The van der Waals surface area contributed by atoms with Gasteiger partial charge in [-0.1, -0.05) is 23.2 Å². The fourth-order valence-corrected chi connectivity index (χ4v) is 2.71. The number of aryl methyl sites for hydroxylation is 2. The number of nitro benzene ring substituents is 1. The van der Waals surface area contributed by atoms with Crippen molar-refractivity contribution in [1.29, 1.82) is 0 Å². The van der Waals surface area contributed by atoms with Crippen LogP contribution in [0, 0.1) is 24.0 Å². The van der Waals surface area contributed by atoms with Gasteiger partial charge in [-0.2, -0.15) is 0 Å². The highest BCUT2D eigenvalue weighted by Crippen LogP contribution is 2.27. The zero-order valence-electron chi connectivity index (χ0n) is 13.7.